The fourth-order valence-corrected chi connectivity index (χ4v) is 6.85. The Morgan fingerprint density at radius 3 is 0.952 bits per heavy atom. The summed E-state index contributed by atoms with van der Waals surface area (Å²) in [6, 6.07) is 0. The van der Waals surface area contributed by atoms with Gasteiger partial charge in [0, 0.05) is 19.3 Å². The van der Waals surface area contributed by atoms with Gasteiger partial charge < -0.3 is 14.2 Å². The highest BCUT2D eigenvalue weighted by atomic mass is 16.6. The molecule has 0 spiro atoms. The predicted octanol–water partition coefficient (Wildman–Crippen LogP) is 17.2. The largest absolute Gasteiger partial charge is 0.462 e. The third-order valence-corrected chi connectivity index (χ3v) is 10.8. The second-order valence-electron chi connectivity index (χ2n) is 17.1. The van der Waals surface area contributed by atoms with Gasteiger partial charge >= 0.3 is 17.9 Å². The van der Waals surface area contributed by atoms with Crippen molar-refractivity contribution in [2.24, 2.45) is 0 Å². The first-order valence-electron chi connectivity index (χ1n) is 26.1. The van der Waals surface area contributed by atoms with E-state index in [1.54, 1.807) is 0 Å². The van der Waals surface area contributed by atoms with Gasteiger partial charge in [-0.15, -0.1) is 0 Å². The number of carbonyl (C=O) groups is 3. The molecule has 63 heavy (non-hydrogen) atoms. The number of allylic oxidation sites excluding steroid dienone is 14. The number of esters is 3. The number of hydrogen-bond acceptors (Lipinski definition) is 6. The second kappa shape index (κ2) is 51.2. The van der Waals surface area contributed by atoms with Crippen LogP contribution >= 0.6 is 0 Å². The molecule has 0 unspecified atom stereocenters. The van der Waals surface area contributed by atoms with E-state index in [9.17, 15) is 14.4 Å². The Balaban J connectivity index is 4.44. The summed E-state index contributed by atoms with van der Waals surface area (Å²) in [5.74, 6) is -0.952. The summed E-state index contributed by atoms with van der Waals surface area (Å²) in [6.07, 6.45) is 65.6. The molecule has 0 rings (SSSR count). The maximum Gasteiger partial charge on any atom is 0.306 e. The summed E-state index contributed by atoms with van der Waals surface area (Å²) in [6.45, 7) is 6.49. The Morgan fingerprint density at radius 2 is 0.587 bits per heavy atom. The molecule has 0 N–H and O–H groups in total. The average Bonchev–Trinajstić information content (AvgIpc) is 3.28. The smallest absolute Gasteiger partial charge is 0.306 e. The molecule has 0 heterocycles. The van der Waals surface area contributed by atoms with Crippen LogP contribution in [-0.4, -0.2) is 37.2 Å². The van der Waals surface area contributed by atoms with Crippen LogP contribution in [0, 0.1) is 0 Å². The van der Waals surface area contributed by atoms with E-state index in [0.717, 1.165) is 122 Å². The maximum atomic E-state index is 12.8. The van der Waals surface area contributed by atoms with Crippen LogP contribution in [0.15, 0.2) is 85.1 Å². The molecule has 0 aromatic rings. The monoisotopic (exact) mass is 877 g/mol. The van der Waals surface area contributed by atoms with Crippen LogP contribution in [0.2, 0.25) is 0 Å². The van der Waals surface area contributed by atoms with Crippen molar-refractivity contribution in [2.75, 3.05) is 13.2 Å². The second-order valence-corrected chi connectivity index (χ2v) is 17.1. The lowest BCUT2D eigenvalue weighted by Gasteiger charge is -2.18. The number of ether oxygens (including phenoxy) is 3. The zero-order valence-electron chi connectivity index (χ0n) is 41.1. The zero-order chi connectivity index (χ0) is 45.8. The summed E-state index contributed by atoms with van der Waals surface area (Å²) in [5, 5.41) is 0. The van der Waals surface area contributed by atoms with Crippen molar-refractivity contribution < 1.29 is 28.6 Å². The topological polar surface area (TPSA) is 78.9 Å². The highest BCUT2D eigenvalue weighted by Gasteiger charge is 2.19. The lowest BCUT2D eigenvalue weighted by molar-refractivity contribution is -0.167. The molecule has 0 aliphatic heterocycles. The third-order valence-electron chi connectivity index (χ3n) is 10.8. The molecule has 0 aromatic heterocycles. The molecule has 0 aliphatic carbocycles. The zero-order valence-corrected chi connectivity index (χ0v) is 41.1. The van der Waals surface area contributed by atoms with Crippen molar-refractivity contribution >= 4 is 17.9 Å². The number of rotatable bonds is 46. The van der Waals surface area contributed by atoms with Gasteiger partial charge in [-0.2, -0.15) is 0 Å². The Hall–Kier alpha value is -3.41. The molecule has 0 atom stereocenters. The molecule has 0 fully saturated rings. The highest BCUT2D eigenvalue weighted by molar-refractivity contribution is 5.71. The summed E-state index contributed by atoms with van der Waals surface area (Å²) >= 11 is 0. The third kappa shape index (κ3) is 49.5. The minimum atomic E-state index is -0.799. The van der Waals surface area contributed by atoms with Gasteiger partial charge in [-0.05, 0) is 116 Å². The lowest BCUT2D eigenvalue weighted by Crippen LogP contribution is -2.30. The van der Waals surface area contributed by atoms with Crippen molar-refractivity contribution in [1.29, 1.82) is 0 Å². The molecule has 6 heteroatoms. The Kier molecular flexibility index (Phi) is 48.5. The molecule has 0 saturated heterocycles. The first-order valence-corrected chi connectivity index (χ1v) is 26.1. The normalized spacial score (nSPS) is 12.3. The van der Waals surface area contributed by atoms with Gasteiger partial charge in [-0.1, -0.05) is 189 Å². The van der Waals surface area contributed by atoms with Gasteiger partial charge in [-0.25, -0.2) is 0 Å². The van der Waals surface area contributed by atoms with Crippen LogP contribution in [0.1, 0.15) is 239 Å². The van der Waals surface area contributed by atoms with E-state index in [-0.39, 0.29) is 31.1 Å². The van der Waals surface area contributed by atoms with E-state index in [2.05, 4.69) is 106 Å². The van der Waals surface area contributed by atoms with E-state index >= 15 is 0 Å². The first-order chi connectivity index (χ1) is 31.0. The summed E-state index contributed by atoms with van der Waals surface area (Å²) < 4.78 is 16.7. The molecular weight excluding hydrogens is 781 g/mol. The van der Waals surface area contributed by atoms with Gasteiger partial charge in [0.2, 0.25) is 0 Å². The number of unbranched alkanes of at least 4 members (excludes halogenated alkanes) is 21. The first kappa shape index (κ1) is 59.6. The Morgan fingerprint density at radius 1 is 0.317 bits per heavy atom. The van der Waals surface area contributed by atoms with Crippen molar-refractivity contribution in [3.63, 3.8) is 0 Å². The summed E-state index contributed by atoms with van der Waals surface area (Å²) in [4.78, 5) is 38.0. The minimum Gasteiger partial charge on any atom is -0.462 e. The van der Waals surface area contributed by atoms with Crippen molar-refractivity contribution in [2.45, 2.75) is 245 Å². The molecule has 0 amide bonds. The molecule has 0 radical (unpaired) electrons. The van der Waals surface area contributed by atoms with E-state index < -0.39 is 6.10 Å². The molecular formula is C57H96O6. The predicted molar refractivity (Wildman–Crippen MR) is 270 cm³/mol. The van der Waals surface area contributed by atoms with E-state index in [0.29, 0.717) is 19.3 Å². The van der Waals surface area contributed by atoms with Crippen molar-refractivity contribution in [3.8, 4) is 0 Å². The van der Waals surface area contributed by atoms with Gasteiger partial charge in [0.15, 0.2) is 6.10 Å². The highest BCUT2D eigenvalue weighted by Crippen LogP contribution is 2.13. The van der Waals surface area contributed by atoms with Gasteiger partial charge in [0.25, 0.3) is 0 Å². The van der Waals surface area contributed by atoms with Gasteiger partial charge in [0.1, 0.15) is 13.2 Å². The molecule has 6 nitrogen and oxygen atoms in total. The number of hydrogen-bond donors (Lipinski definition) is 0. The van der Waals surface area contributed by atoms with Gasteiger partial charge in [0.05, 0.1) is 0 Å². The number of carbonyl (C=O) groups excluding carboxylic acids is 3. The Labute approximate surface area is 388 Å². The fourth-order valence-electron chi connectivity index (χ4n) is 6.85. The van der Waals surface area contributed by atoms with Crippen molar-refractivity contribution in [3.05, 3.63) is 85.1 Å². The van der Waals surface area contributed by atoms with Crippen LogP contribution in [0.4, 0.5) is 0 Å². The molecule has 0 aliphatic rings. The Bertz CT molecular complexity index is 1160. The van der Waals surface area contributed by atoms with Crippen molar-refractivity contribution in [1.82, 2.24) is 0 Å². The summed E-state index contributed by atoms with van der Waals surface area (Å²) in [5.41, 5.74) is 0. The van der Waals surface area contributed by atoms with Crippen LogP contribution < -0.4 is 0 Å². The molecule has 0 aromatic carbocycles. The van der Waals surface area contributed by atoms with Gasteiger partial charge in [-0.3, -0.25) is 14.4 Å². The van der Waals surface area contributed by atoms with Crippen LogP contribution in [0.5, 0.6) is 0 Å². The quantitative estimate of drug-likeness (QED) is 0.0262. The standard InChI is InChI=1S/C57H96O6/c1-4-7-10-13-16-19-22-24-26-28-30-32-35-37-40-43-46-49-55(58)61-52-54(63-57(60)51-48-45-42-39-34-21-18-15-12-9-6-3)53-62-56(59)50-47-44-41-38-36-33-31-29-27-25-23-20-17-14-11-8-5-2/h15-20,24-27,30-33,54H,4-14,21-23,28-29,34-53H2,1-3H3/b18-15-,19-16-,20-17-,26-24-,27-25-,32-30-,33-31-. The van der Waals surface area contributed by atoms with Crippen LogP contribution in [0.3, 0.4) is 0 Å². The maximum absolute atomic E-state index is 12.8. The average molecular weight is 877 g/mol. The fraction of sp³-hybridized carbons (Fsp3) is 0.702. The lowest BCUT2D eigenvalue weighted by atomic mass is 10.1. The SMILES string of the molecule is CCCC/C=C\CCCCCCCC(=O)OC(COC(=O)CCCCCC/C=C\C/C=C\C/C=C\CCCCC)COC(=O)CCCCCC/C=C\C/C=C\C/C=C\CCCCC. The minimum absolute atomic E-state index is 0.0996. The van der Waals surface area contributed by atoms with Crippen LogP contribution in [-0.2, 0) is 28.6 Å². The molecule has 0 bridgehead atoms. The van der Waals surface area contributed by atoms with E-state index in [1.807, 2.05) is 0 Å². The van der Waals surface area contributed by atoms with E-state index in [4.69, 9.17) is 14.2 Å². The summed E-state index contributed by atoms with van der Waals surface area (Å²) in [7, 11) is 0. The van der Waals surface area contributed by atoms with Crippen LogP contribution in [0.25, 0.3) is 0 Å². The van der Waals surface area contributed by atoms with E-state index in [1.165, 1.54) is 77.0 Å². The molecule has 0 saturated carbocycles. The molecule has 360 valence electrons.